The van der Waals surface area contributed by atoms with Crippen molar-refractivity contribution in [3.8, 4) is 17.2 Å². The molecule has 2 N–H and O–H groups in total. The number of hydrogen-bond acceptors (Lipinski definition) is 7. The highest BCUT2D eigenvalue weighted by molar-refractivity contribution is 5.77. The summed E-state index contributed by atoms with van der Waals surface area (Å²) in [7, 11) is 1.56. The zero-order valence-electron chi connectivity index (χ0n) is 13.9. The van der Waals surface area contributed by atoms with Crippen LogP contribution in [-0.4, -0.2) is 34.0 Å². The molecule has 2 aliphatic rings. The molecule has 8 nitrogen and oxygen atoms in total. The van der Waals surface area contributed by atoms with Gasteiger partial charge < -0.3 is 24.6 Å². The number of anilines is 2. The molecule has 0 amide bonds. The topological polar surface area (TPSA) is 94.8 Å². The van der Waals surface area contributed by atoms with Gasteiger partial charge in [-0.1, -0.05) is 13.0 Å². The van der Waals surface area contributed by atoms with E-state index < -0.39 is 18.0 Å². The Hall–Kier alpha value is -2.58. The van der Waals surface area contributed by atoms with Crippen LogP contribution >= 0.6 is 0 Å². The Morgan fingerprint density at radius 3 is 3.00 bits per heavy atom. The number of nitrogens with zero attached hydrogens (tertiary/aromatic N) is 2. The molecule has 1 aromatic carbocycles. The third-order valence-corrected chi connectivity index (χ3v) is 4.51. The van der Waals surface area contributed by atoms with Gasteiger partial charge in [0.1, 0.15) is 17.7 Å². The number of aliphatic hydroxyl groups is 1. The lowest BCUT2D eigenvalue weighted by Crippen LogP contribution is -2.28. The zero-order chi connectivity index (χ0) is 17.6. The molecule has 1 saturated heterocycles. The number of aromatic nitrogens is 2. The Morgan fingerprint density at radius 1 is 1.44 bits per heavy atom. The van der Waals surface area contributed by atoms with Crippen LogP contribution in [0.3, 0.4) is 0 Å². The predicted molar refractivity (Wildman–Crippen MR) is 89.7 cm³/mol. The molecule has 0 saturated carbocycles. The highest BCUT2D eigenvalue weighted by atomic mass is 16.5. The first kappa shape index (κ1) is 15.9. The smallest absolute Gasteiger partial charge is 0.351 e. The number of fused-ring (bicyclic) bond motifs is 2. The molecular weight excluding hydrogens is 326 g/mol. The summed E-state index contributed by atoms with van der Waals surface area (Å²) in [5.74, 6) is 1.92. The number of para-hydroxylation sites is 1. The first-order valence-corrected chi connectivity index (χ1v) is 8.19. The fourth-order valence-electron chi connectivity index (χ4n) is 3.20. The lowest BCUT2D eigenvalue weighted by atomic mass is 10.1. The fourth-order valence-corrected chi connectivity index (χ4v) is 3.20. The van der Waals surface area contributed by atoms with Crippen LogP contribution in [0.4, 0.5) is 11.5 Å². The van der Waals surface area contributed by atoms with Crippen molar-refractivity contribution in [2.24, 2.45) is 0 Å². The van der Waals surface area contributed by atoms with E-state index in [1.165, 1.54) is 4.57 Å². The molecule has 3 atom stereocenters. The summed E-state index contributed by atoms with van der Waals surface area (Å²) in [6.07, 6.45) is 1.15. The molecule has 4 rings (SSSR count). The minimum atomic E-state index is -0.595. The van der Waals surface area contributed by atoms with E-state index >= 15 is 0 Å². The van der Waals surface area contributed by atoms with Gasteiger partial charge in [0.2, 0.25) is 0 Å². The van der Waals surface area contributed by atoms with Crippen LogP contribution in [0.2, 0.25) is 0 Å². The van der Waals surface area contributed by atoms with Crippen molar-refractivity contribution in [1.29, 1.82) is 0 Å². The maximum Gasteiger partial charge on any atom is 0.351 e. The number of nitrogens with one attached hydrogen (secondary N) is 1. The van der Waals surface area contributed by atoms with Crippen molar-refractivity contribution >= 4 is 11.5 Å². The van der Waals surface area contributed by atoms with Gasteiger partial charge in [-0.05, 0) is 18.6 Å². The van der Waals surface area contributed by atoms with Crippen molar-refractivity contribution in [2.45, 2.75) is 38.2 Å². The van der Waals surface area contributed by atoms with Crippen LogP contribution in [0.15, 0.2) is 29.2 Å². The number of benzene rings is 1. The van der Waals surface area contributed by atoms with E-state index in [0.29, 0.717) is 41.6 Å². The molecule has 132 valence electrons. The van der Waals surface area contributed by atoms with Crippen molar-refractivity contribution in [3.63, 3.8) is 0 Å². The van der Waals surface area contributed by atoms with E-state index in [0.717, 1.165) is 0 Å². The Morgan fingerprint density at radius 2 is 2.28 bits per heavy atom. The Bertz CT molecular complexity index is 866. The van der Waals surface area contributed by atoms with E-state index in [-0.39, 0.29) is 6.10 Å². The maximum atomic E-state index is 12.4. The average Bonchev–Trinajstić information content (AvgIpc) is 2.99. The van der Waals surface area contributed by atoms with Crippen molar-refractivity contribution in [3.05, 3.63) is 34.9 Å². The number of methoxy groups -OCH3 is 1. The Labute approximate surface area is 144 Å². The summed E-state index contributed by atoms with van der Waals surface area (Å²) in [5.41, 5.74) is 0.155. The summed E-state index contributed by atoms with van der Waals surface area (Å²) in [6, 6.07) is 5.41. The van der Waals surface area contributed by atoms with E-state index in [2.05, 4.69) is 10.3 Å². The van der Waals surface area contributed by atoms with Gasteiger partial charge in [0.15, 0.2) is 17.3 Å². The number of ether oxygens (including phenoxy) is 3. The van der Waals surface area contributed by atoms with Crippen LogP contribution < -0.4 is 20.5 Å². The van der Waals surface area contributed by atoms with Crippen molar-refractivity contribution in [1.82, 2.24) is 9.55 Å². The van der Waals surface area contributed by atoms with E-state index in [1.54, 1.807) is 25.4 Å². The van der Waals surface area contributed by atoms with Gasteiger partial charge in [0, 0.05) is 6.42 Å². The quantitative estimate of drug-likeness (QED) is 0.751. The molecule has 0 spiro atoms. The number of aliphatic hydroxyl groups excluding tert-OH is 1. The van der Waals surface area contributed by atoms with Gasteiger partial charge in [-0.15, -0.1) is 0 Å². The molecule has 3 heterocycles. The molecule has 1 aromatic heterocycles. The first-order valence-electron chi connectivity index (χ1n) is 8.19. The molecule has 1 fully saturated rings. The molecule has 2 aliphatic heterocycles. The second-order valence-corrected chi connectivity index (χ2v) is 6.04. The molecule has 0 aliphatic carbocycles. The largest absolute Gasteiger partial charge is 0.494 e. The van der Waals surface area contributed by atoms with Gasteiger partial charge in [-0.25, -0.2) is 4.79 Å². The summed E-state index contributed by atoms with van der Waals surface area (Å²) >= 11 is 0. The molecule has 0 radical (unpaired) electrons. The van der Waals surface area contributed by atoms with Crippen molar-refractivity contribution in [2.75, 3.05) is 12.4 Å². The Kier molecular flexibility index (Phi) is 3.85. The van der Waals surface area contributed by atoms with Gasteiger partial charge in [0.05, 0.1) is 25.5 Å². The summed E-state index contributed by atoms with van der Waals surface area (Å²) in [5, 5.41) is 13.1. The molecule has 0 bridgehead atoms. The predicted octanol–water partition coefficient (Wildman–Crippen LogP) is 2.16. The van der Waals surface area contributed by atoms with E-state index in [1.807, 2.05) is 13.0 Å². The van der Waals surface area contributed by atoms with Crippen LogP contribution in [0.1, 0.15) is 26.0 Å². The highest BCUT2D eigenvalue weighted by Crippen LogP contribution is 2.45. The summed E-state index contributed by atoms with van der Waals surface area (Å²) in [4.78, 5) is 16.5. The SMILES string of the molecule is CCC1OC(n2cc3c(nc2=O)Nc2c(OC)cccc2O3)CC1O. The second-order valence-electron chi connectivity index (χ2n) is 6.04. The number of hydrogen-bond donors (Lipinski definition) is 2. The van der Waals surface area contributed by atoms with E-state index in [4.69, 9.17) is 14.2 Å². The van der Waals surface area contributed by atoms with Crippen LogP contribution in [0.5, 0.6) is 17.2 Å². The van der Waals surface area contributed by atoms with Crippen LogP contribution in [-0.2, 0) is 4.74 Å². The monoisotopic (exact) mass is 345 g/mol. The summed E-state index contributed by atoms with van der Waals surface area (Å²) < 4.78 is 18.3. The van der Waals surface area contributed by atoms with Crippen LogP contribution in [0.25, 0.3) is 0 Å². The third kappa shape index (κ3) is 2.63. The highest BCUT2D eigenvalue weighted by Gasteiger charge is 2.35. The minimum Gasteiger partial charge on any atom is -0.494 e. The molecule has 8 heteroatoms. The van der Waals surface area contributed by atoms with E-state index in [9.17, 15) is 9.90 Å². The minimum absolute atomic E-state index is 0.281. The zero-order valence-corrected chi connectivity index (χ0v) is 13.9. The fraction of sp³-hybridized carbons (Fsp3) is 0.412. The molecule has 2 aromatic rings. The Balaban J connectivity index is 1.69. The molecule has 25 heavy (non-hydrogen) atoms. The summed E-state index contributed by atoms with van der Waals surface area (Å²) in [6.45, 7) is 1.93. The lowest BCUT2D eigenvalue weighted by Gasteiger charge is -2.24. The molecular formula is C17H19N3O5. The average molecular weight is 345 g/mol. The standard InChI is InChI=1S/C17H19N3O5/c1-3-10-9(21)7-14(25-10)20-8-13-16(19-17(20)22)18-15-11(23-2)5-4-6-12(15)24-13/h4-6,8-10,14,21H,3,7H2,1-2H3,(H,18,19,22). The number of rotatable bonds is 3. The van der Waals surface area contributed by atoms with Gasteiger partial charge >= 0.3 is 5.69 Å². The van der Waals surface area contributed by atoms with Gasteiger partial charge in [0.25, 0.3) is 0 Å². The second kappa shape index (κ2) is 6.05. The normalized spacial score (nSPS) is 24.0. The van der Waals surface area contributed by atoms with Crippen LogP contribution in [0, 0.1) is 0 Å². The molecule has 3 unspecified atom stereocenters. The van der Waals surface area contributed by atoms with Gasteiger partial charge in [-0.3, -0.25) is 4.57 Å². The maximum absolute atomic E-state index is 12.4. The lowest BCUT2D eigenvalue weighted by molar-refractivity contribution is -0.0218. The van der Waals surface area contributed by atoms with Gasteiger partial charge in [-0.2, -0.15) is 4.98 Å². The van der Waals surface area contributed by atoms with Crippen molar-refractivity contribution < 1.29 is 19.3 Å². The first-order chi connectivity index (χ1) is 12.1. The third-order valence-electron chi connectivity index (χ3n) is 4.51.